The van der Waals surface area contributed by atoms with Crippen molar-refractivity contribution < 1.29 is 9.53 Å². The van der Waals surface area contributed by atoms with Crippen LogP contribution < -0.4 is 10.1 Å². The van der Waals surface area contributed by atoms with Crippen LogP contribution in [0.2, 0.25) is 0 Å². The third-order valence-electron chi connectivity index (χ3n) is 3.85. The average molecular weight is 337 g/mol. The Kier molecular flexibility index (Phi) is 5.63. The van der Waals surface area contributed by atoms with Crippen molar-refractivity contribution in [2.75, 3.05) is 26.7 Å². The lowest BCUT2D eigenvalue weighted by molar-refractivity contribution is 0.0703. The highest BCUT2D eigenvalue weighted by Gasteiger charge is 2.23. The topological polar surface area (TPSA) is 70.2 Å². The predicted octanol–water partition coefficient (Wildman–Crippen LogP) is 1.94. The molecule has 1 saturated heterocycles. The molecule has 7 heteroatoms. The van der Waals surface area contributed by atoms with Gasteiger partial charge >= 0.3 is 0 Å². The van der Waals surface area contributed by atoms with Crippen molar-refractivity contribution in [3.05, 3.63) is 36.0 Å². The van der Waals surface area contributed by atoms with Gasteiger partial charge in [-0.05, 0) is 37.3 Å². The molecule has 1 amide bonds. The monoisotopic (exact) mass is 336 g/mol. The van der Waals surface area contributed by atoms with Gasteiger partial charge in [-0.1, -0.05) is 0 Å². The number of hydrogen-bond acceptors (Lipinski definition) is 4. The predicted molar refractivity (Wildman–Crippen MR) is 91.2 cm³/mol. The Morgan fingerprint density at radius 3 is 2.74 bits per heavy atom. The quantitative estimate of drug-likeness (QED) is 0.898. The maximum atomic E-state index is 12.5. The number of nitrogens with one attached hydrogen (secondary N) is 2. The number of piperazine rings is 1. The van der Waals surface area contributed by atoms with Gasteiger partial charge in [-0.2, -0.15) is 5.10 Å². The molecule has 1 aliphatic rings. The number of H-pyrrole nitrogens is 1. The standard InChI is InChI=1S/C16H20N4O2.ClH/c1-11-10-20(8-7-17-11)16(21)15-9-14(18-19-15)12-3-5-13(22-2)6-4-12;/h3-6,9,11,17H,7-8,10H2,1-2H3,(H,18,19);1H/t11-;/m1./s1. The molecule has 1 fully saturated rings. The minimum absolute atomic E-state index is 0. The summed E-state index contributed by atoms with van der Waals surface area (Å²) in [4.78, 5) is 14.4. The van der Waals surface area contributed by atoms with Gasteiger partial charge in [0.05, 0.1) is 12.8 Å². The molecule has 0 spiro atoms. The van der Waals surface area contributed by atoms with Crippen LogP contribution in [0.1, 0.15) is 17.4 Å². The van der Waals surface area contributed by atoms with E-state index in [-0.39, 0.29) is 18.3 Å². The second kappa shape index (κ2) is 7.48. The van der Waals surface area contributed by atoms with E-state index in [0.29, 0.717) is 11.7 Å². The van der Waals surface area contributed by atoms with Crippen LogP contribution in [0.25, 0.3) is 11.3 Å². The van der Waals surface area contributed by atoms with E-state index in [2.05, 4.69) is 22.4 Å². The maximum absolute atomic E-state index is 12.5. The summed E-state index contributed by atoms with van der Waals surface area (Å²) < 4.78 is 5.14. The van der Waals surface area contributed by atoms with Crippen molar-refractivity contribution in [2.45, 2.75) is 13.0 Å². The maximum Gasteiger partial charge on any atom is 0.271 e. The van der Waals surface area contributed by atoms with Gasteiger partial charge in [0, 0.05) is 31.2 Å². The largest absolute Gasteiger partial charge is 0.497 e. The van der Waals surface area contributed by atoms with Crippen molar-refractivity contribution in [1.82, 2.24) is 20.4 Å². The van der Waals surface area contributed by atoms with Crippen LogP contribution in [0.5, 0.6) is 5.75 Å². The van der Waals surface area contributed by atoms with Crippen molar-refractivity contribution >= 4 is 18.3 Å². The second-order valence-electron chi connectivity index (χ2n) is 5.50. The number of rotatable bonds is 3. The fourth-order valence-electron chi connectivity index (χ4n) is 2.63. The number of aromatic nitrogens is 2. The Labute approximate surface area is 141 Å². The Morgan fingerprint density at radius 2 is 2.09 bits per heavy atom. The summed E-state index contributed by atoms with van der Waals surface area (Å²) in [6.45, 7) is 4.34. The minimum Gasteiger partial charge on any atom is -0.497 e. The molecule has 3 rings (SSSR count). The number of carbonyl (C=O) groups excluding carboxylic acids is 1. The molecule has 6 nitrogen and oxygen atoms in total. The molecule has 1 aromatic heterocycles. The van der Waals surface area contributed by atoms with Crippen molar-refractivity contribution in [3.8, 4) is 17.0 Å². The van der Waals surface area contributed by atoms with E-state index in [0.717, 1.165) is 36.6 Å². The van der Waals surface area contributed by atoms with Gasteiger partial charge < -0.3 is 15.0 Å². The third kappa shape index (κ3) is 3.83. The van der Waals surface area contributed by atoms with Gasteiger partial charge in [-0.3, -0.25) is 9.89 Å². The number of aromatic amines is 1. The van der Waals surface area contributed by atoms with Crippen molar-refractivity contribution in [3.63, 3.8) is 0 Å². The molecule has 124 valence electrons. The van der Waals surface area contributed by atoms with E-state index in [1.54, 1.807) is 13.2 Å². The van der Waals surface area contributed by atoms with Crippen LogP contribution in [0.15, 0.2) is 30.3 Å². The summed E-state index contributed by atoms with van der Waals surface area (Å²) in [6.07, 6.45) is 0. The van der Waals surface area contributed by atoms with Crippen LogP contribution in [0.4, 0.5) is 0 Å². The zero-order valence-electron chi connectivity index (χ0n) is 13.2. The van der Waals surface area contributed by atoms with Gasteiger partial charge in [0.15, 0.2) is 0 Å². The normalized spacial score (nSPS) is 17.5. The molecule has 2 heterocycles. The molecule has 0 saturated carbocycles. The van der Waals surface area contributed by atoms with E-state index in [1.165, 1.54) is 0 Å². The summed E-state index contributed by atoms with van der Waals surface area (Å²) in [7, 11) is 1.63. The third-order valence-corrected chi connectivity index (χ3v) is 3.85. The molecule has 2 N–H and O–H groups in total. The van der Waals surface area contributed by atoms with Crippen molar-refractivity contribution in [1.29, 1.82) is 0 Å². The fourth-order valence-corrected chi connectivity index (χ4v) is 2.63. The number of benzene rings is 1. The van der Waals surface area contributed by atoms with Gasteiger partial charge in [0.2, 0.25) is 0 Å². The Morgan fingerprint density at radius 1 is 1.35 bits per heavy atom. The number of nitrogens with zero attached hydrogens (tertiary/aromatic N) is 2. The summed E-state index contributed by atoms with van der Waals surface area (Å²) in [6, 6.07) is 9.73. The lowest BCUT2D eigenvalue weighted by atomic mass is 10.1. The van der Waals surface area contributed by atoms with Crippen molar-refractivity contribution in [2.24, 2.45) is 0 Å². The molecule has 2 aromatic rings. The van der Waals surface area contributed by atoms with Crippen LogP contribution in [-0.4, -0.2) is 53.8 Å². The molecular formula is C16H21ClN4O2. The molecular weight excluding hydrogens is 316 g/mol. The first-order valence-corrected chi connectivity index (χ1v) is 7.40. The highest BCUT2D eigenvalue weighted by molar-refractivity contribution is 5.93. The van der Waals surface area contributed by atoms with E-state index in [1.807, 2.05) is 29.2 Å². The molecule has 0 radical (unpaired) electrons. The molecule has 0 aliphatic carbocycles. The molecule has 1 aliphatic heterocycles. The van der Waals surface area contributed by atoms with Gasteiger partial charge in [0.25, 0.3) is 5.91 Å². The first kappa shape index (κ1) is 17.3. The number of ether oxygens (including phenoxy) is 1. The Bertz CT molecular complexity index is 656. The average Bonchev–Trinajstić information content (AvgIpc) is 3.04. The summed E-state index contributed by atoms with van der Waals surface area (Å²) in [5.41, 5.74) is 2.24. The van der Waals surface area contributed by atoms with E-state index >= 15 is 0 Å². The van der Waals surface area contributed by atoms with E-state index in [9.17, 15) is 4.79 Å². The fraction of sp³-hybridized carbons (Fsp3) is 0.375. The van der Waals surface area contributed by atoms with Gasteiger partial charge in [0.1, 0.15) is 11.4 Å². The Hall–Kier alpha value is -2.05. The Balaban J connectivity index is 0.00000192. The first-order chi connectivity index (χ1) is 10.7. The number of amides is 1. The van der Waals surface area contributed by atoms with Crippen LogP contribution in [0.3, 0.4) is 0 Å². The highest BCUT2D eigenvalue weighted by atomic mass is 35.5. The molecule has 0 unspecified atom stereocenters. The zero-order chi connectivity index (χ0) is 15.5. The lowest BCUT2D eigenvalue weighted by Gasteiger charge is -2.31. The number of hydrogen-bond donors (Lipinski definition) is 2. The molecule has 1 atom stereocenters. The number of carbonyl (C=O) groups is 1. The first-order valence-electron chi connectivity index (χ1n) is 7.40. The molecule has 0 bridgehead atoms. The number of halogens is 1. The van der Waals surface area contributed by atoms with Gasteiger partial charge in [-0.15, -0.1) is 12.4 Å². The highest BCUT2D eigenvalue weighted by Crippen LogP contribution is 2.21. The minimum atomic E-state index is 0. The lowest BCUT2D eigenvalue weighted by Crippen LogP contribution is -2.51. The van der Waals surface area contributed by atoms with Crippen LogP contribution in [0, 0.1) is 0 Å². The van der Waals surface area contributed by atoms with Crippen LogP contribution in [-0.2, 0) is 0 Å². The summed E-state index contributed by atoms with van der Waals surface area (Å²) in [5.74, 6) is 0.797. The van der Waals surface area contributed by atoms with E-state index < -0.39 is 0 Å². The summed E-state index contributed by atoms with van der Waals surface area (Å²) in [5, 5.41) is 10.4. The smallest absolute Gasteiger partial charge is 0.271 e. The second-order valence-corrected chi connectivity index (χ2v) is 5.50. The zero-order valence-corrected chi connectivity index (χ0v) is 14.0. The number of methoxy groups -OCH3 is 1. The van der Waals surface area contributed by atoms with Gasteiger partial charge in [-0.25, -0.2) is 0 Å². The summed E-state index contributed by atoms with van der Waals surface area (Å²) >= 11 is 0. The molecule has 23 heavy (non-hydrogen) atoms. The molecule has 1 aromatic carbocycles. The van der Waals surface area contributed by atoms with Crippen LogP contribution >= 0.6 is 12.4 Å². The van der Waals surface area contributed by atoms with E-state index in [4.69, 9.17) is 4.74 Å². The SMILES string of the molecule is COc1ccc(-c2cc(C(=O)N3CCN[C@H](C)C3)[nH]n2)cc1.Cl.